The Morgan fingerprint density at radius 2 is 1.59 bits per heavy atom. The molecule has 1 amide bonds. The monoisotopic (exact) mass is 468 g/mol. The maximum atomic E-state index is 12.9. The molecule has 1 fully saturated rings. The number of anilines is 1. The van der Waals surface area contributed by atoms with Crippen molar-refractivity contribution in [2.24, 2.45) is 5.92 Å². The number of para-hydroxylation sites is 1. The number of hydrogen-bond donors (Lipinski definition) is 1. The van der Waals surface area contributed by atoms with Crippen LogP contribution in [0.2, 0.25) is 0 Å². The molecule has 6 nitrogen and oxygen atoms in total. The molecule has 0 saturated carbocycles. The molecule has 0 bridgehead atoms. The van der Waals surface area contributed by atoms with Crippen LogP contribution in [0.25, 0.3) is 0 Å². The molecule has 2 heterocycles. The highest BCUT2D eigenvalue weighted by Crippen LogP contribution is 2.29. The van der Waals surface area contributed by atoms with Crippen LogP contribution in [0.3, 0.4) is 0 Å². The molecule has 166 valence electrons. The Morgan fingerprint density at radius 3 is 2.31 bits per heavy atom. The molecule has 8 heteroatoms. The van der Waals surface area contributed by atoms with E-state index >= 15 is 0 Å². The van der Waals surface area contributed by atoms with E-state index in [0.29, 0.717) is 35.8 Å². The van der Waals surface area contributed by atoms with Crippen LogP contribution in [0.1, 0.15) is 45.4 Å². The number of amides is 1. The van der Waals surface area contributed by atoms with Gasteiger partial charge >= 0.3 is 0 Å². The van der Waals surface area contributed by atoms with E-state index in [1.165, 1.54) is 16.4 Å². The van der Waals surface area contributed by atoms with Gasteiger partial charge in [0, 0.05) is 24.2 Å². The summed E-state index contributed by atoms with van der Waals surface area (Å²) < 4.78 is 27.5. The quantitative estimate of drug-likeness (QED) is 0.534. The number of rotatable bonds is 6. The highest BCUT2D eigenvalue weighted by atomic mass is 32.2. The third-order valence-electron chi connectivity index (χ3n) is 5.60. The molecule has 1 aliphatic heterocycles. The summed E-state index contributed by atoms with van der Waals surface area (Å²) in [5, 5.41) is 2.77. The molecule has 4 rings (SSSR count). The second kappa shape index (κ2) is 9.36. The molecule has 3 aromatic rings. The molecule has 1 aliphatic rings. The largest absolute Gasteiger partial charge is 0.321 e. The van der Waals surface area contributed by atoms with Gasteiger partial charge in [0.2, 0.25) is 0 Å². The zero-order valence-electron chi connectivity index (χ0n) is 17.7. The lowest BCUT2D eigenvalue weighted by molar-refractivity contribution is 0.103. The van der Waals surface area contributed by atoms with Crippen LogP contribution in [0.15, 0.2) is 70.9 Å². The summed E-state index contributed by atoms with van der Waals surface area (Å²) in [5.74, 6) is -0.128. The fourth-order valence-electron chi connectivity index (χ4n) is 3.65. The predicted molar refractivity (Wildman–Crippen MR) is 126 cm³/mol. The van der Waals surface area contributed by atoms with Crippen LogP contribution in [-0.2, 0) is 10.0 Å². The minimum Gasteiger partial charge on any atom is -0.321 e. The smallest absolute Gasteiger partial charge is 0.265 e. The van der Waals surface area contributed by atoms with Crippen molar-refractivity contribution in [3.63, 3.8) is 0 Å². The summed E-state index contributed by atoms with van der Waals surface area (Å²) in [4.78, 5) is 26.0. The van der Waals surface area contributed by atoms with Crippen LogP contribution in [-0.4, -0.2) is 37.5 Å². The lowest BCUT2D eigenvalue weighted by Crippen LogP contribution is -2.37. The number of nitrogens with zero attached hydrogens (tertiary/aromatic N) is 1. The molecule has 1 N–H and O–H groups in total. The normalized spacial score (nSPS) is 15.4. The van der Waals surface area contributed by atoms with Crippen molar-refractivity contribution < 1.29 is 18.0 Å². The number of sulfonamides is 1. The average Bonchev–Trinajstić information content (AvgIpc) is 3.31. The first-order valence-corrected chi connectivity index (χ1v) is 12.7. The van der Waals surface area contributed by atoms with E-state index in [1.54, 1.807) is 48.5 Å². The van der Waals surface area contributed by atoms with Gasteiger partial charge in [0.25, 0.3) is 15.9 Å². The van der Waals surface area contributed by atoms with E-state index < -0.39 is 15.9 Å². The minimum atomic E-state index is -3.61. The van der Waals surface area contributed by atoms with Gasteiger partial charge in [-0.1, -0.05) is 49.4 Å². The average molecular weight is 469 g/mol. The predicted octanol–water partition coefficient (Wildman–Crippen LogP) is 4.65. The van der Waals surface area contributed by atoms with E-state index in [4.69, 9.17) is 0 Å². The Morgan fingerprint density at radius 1 is 0.938 bits per heavy atom. The van der Waals surface area contributed by atoms with Crippen molar-refractivity contribution in [2.75, 3.05) is 18.4 Å². The van der Waals surface area contributed by atoms with Crippen LogP contribution in [0, 0.1) is 5.92 Å². The van der Waals surface area contributed by atoms with Gasteiger partial charge in [-0.25, -0.2) is 8.42 Å². The number of piperidine rings is 1. The van der Waals surface area contributed by atoms with Gasteiger partial charge in [-0.05, 0) is 43.0 Å². The third-order valence-corrected chi connectivity index (χ3v) is 9.05. The molecule has 1 saturated heterocycles. The van der Waals surface area contributed by atoms with Crippen molar-refractivity contribution in [1.29, 1.82) is 0 Å². The standard InChI is InChI=1S/C24H24N2O4S2/c1-17-13-15-26(16-14-17)32(29,30)22-12-11-21(31-22)24(28)25-20-10-6-5-9-19(20)23(27)18-7-3-2-4-8-18/h2-12,17H,13-16H2,1H3,(H,25,28). The minimum absolute atomic E-state index is 0.158. The SMILES string of the molecule is CC1CCN(S(=O)(=O)c2ccc(C(=O)Nc3ccccc3C(=O)c3ccccc3)s2)CC1. The number of thiophene rings is 1. The van der Waals surface area contributed by atoms with Crippen LogP contribution >= 0.6 is 11.3 Å². The lowest BCUT2D eigenvalue weighted by atomic mass is 10.0. The van der Waals surface area contributed by atoms with E-state index in [2.05, 4.69) is 12.2 Å². The van der Waals surface area contributed by atoms with Crippen molar-refractivity contribution in [2.45, 2.75) is 24.0 Å². The van der Waals surface area contributed by atoms with Crippen molar-refractivity contribution in [1.82, 2.24) is 4.31 Å². The summed E-state index contributed by atoms with van der Waals surface area (Å²) in [6.45, 7) is 3.12. The Kier molecular flexibility index (Phi) is 6.55. The zero-order chi connectivity index (χ0) is 22.7. The van der Waals surface area contributed by atoms with Crippen molar-refractivity contribution in [3.8, 4) is 0 Å². The molecule has 0 unspecified atom stereocenters. The summed E-state index contributed by atoms with van der Waals surface area (Å²) in [7, 11) is -3.61. The van der Waals surface area contributed by atoms with Crippen LogP contribution in [0.4, 0.5) is 5.69 Å². The van der Waals surface area contributed by atoms with Gasteiger partial charge in [-0.3, -0.25) is 9.59 Å². The van der Waals surface area contributed by atoms with E-state index in [1.807, 2.05) is 6.07 Å². The van der Waals surface area contributed by atoms with Gasteiger partial charge in [0.1, 0.15) is 4.21 Å². The fourth-order valence-corrected chi connectivity index (χ4v) is 6.48. The number of nitrogens with one attached hydrogen (secondary N) is 1. The summed E-state index contributed by atoms with van der Waals surface area (Å²) in [6, 6.07) is 18.6. The van der Waals surface area contributed by atoms with Gasteiger partial charge in [-0.15, -0.1) is 11.3 Å². The summed E-state index contributed by atoms with van der Waals surface area (Å²) in [6.07, 6.45) is 1.67. The summed E-state index contributed by atoms with van der Waals surface area (Å²) >= 11 is 0.946. The van der Waals surface area contributed by atoms with Crippen LogP contribution < -0.4 is 5.32 Å². The number of carbonyl (C=O) groups is 2. The first-order chi connectivity index (χ1) is 15.4. The molecule has 0 atom stereocenters. The Balaban J connectivity index is 1.53. The van der Waals surface area contributed by atoms with Gasteiger partial charge in [0.05, 0.1) is 10.6 Å². The molecule has 0 radical (unpaired) electrons. The van der Waals surface area contributed by atoms with Crippen molar-refractivity contribution in [3.05, 3.63) is 82.7 Å². The topological polar surface area (TPSA) is 83.6 Å². The first kappa shape index (κ1) is 22.4. The van der Waals surface area contributed by atoms with E-state index in [0.717, 1.165) is 24.2 Å². The van der Waals surface area contributed by atoms with Crippen molar-refractivity contribution >= 4 is 38.7 Å². The number of benzene rings is 2. The molecule has 1 aromatic heterocycles. The molecule has 0 spiro atoms. The molecular formula is C24H24N2O4S2. The molecule has 2 aromatic carbocycles. The van der Waals surface area contributed by atoms with Crippen LogP contribution in [0.5, 0.6) is 0 Å². The van der Waals surface area contributed by atoms with E-state index in [-0.39, 0.29) is 14.9 Å². The number of hydrogen-bond acceptors (Lipinski definition) is 5. The third kappa shape index (κ3) is 4.67. The number of ketones is 1. The number of carbonyl (C=O) groups excluding carboxylic acids is 2. The Bertz CT molecular complexity index is 1230. The Hall–Kier alpha value is -2.81. The summed E-state index contributed by atoms with van der Waals surface area (Å²) in [5.41, 5.74) is 1.28. The van der Waals surface area contributed by atoms with Gasteiger partial charge in [0.15, 0.2) is 5.78 Å². The second-order valence-corrected chi connectivity index (χ2v) is 11.1. The van der Waals surface area contributed by atoms with E-state index in [9.17, 15) is 18.0 Å². The molecule has 32 heavy (non-hydrogen) atoms. The maximum absolute atomic E-state index is 12.9. The first-order valence-electron chi connectivity index (χ1n) is 10.5. The second-order valence-electron chi connectivity index (χ2n) is 7.90. The highest BCUT2D eigenvalue weighted by Gasteiger charge is 2.30. The highest BCUT2D eigenvalue weighted by molar-refractivity contribution is 7.91. The Labute approximate surface area is 191 Å². The molecule has 0 aliphatic carbocycles. The lowest BCUT2D eigenvalue weighted by Gasteiger charge is -2.28. The van der Waals surface area contributed by atoms with Gasteiger partial charge in [-0.2, -0.15) is 4.31 Å². The fraction of sp³-hybridized carbons (Fsp3) is 0.250. The zero-order valence-corrected chi connectivity index (χ0v) is 19.3. The maximum Gasteiger partial charge on any atom is 0.265 e. The molecular weight excluding hydrogens is 444 g/mol. The van der Waals surface area contributed by atoms with Gasteiger partial charge < -0.3 is 5.32 Å².